The lowest BCUT2D eigenvalue weighted by atomic mass is 10.1. The predicted octanol–water partition coefficient (Wildman–Crippen LogP) is 2.54. The van der Waals surface area contributed by atoms with Gasteiger partial charge in [-0.1, -0.05) is 30.3 Å². The van der Waals surface area contributed by atoms with Gasteiger partial charge < -0.3 is 16.0 Å². The number of hydrogen-bond acceptors (Lipinski definition) is 5. The van der Waals surface area contributed by atoms with Crippen molar-refractivity contribution < 1.29 is 0 Å². The van der Waals surface area contributed by atoms with Crippen molar-refractivity contribution in [3.8, 4) is 11.1 Å². The van der Waals surface area contributed by atoms with Gasteiger partial charge in [-0.15, -0.1) is 0 Å². The molecule has 2 heterocycles. The van der Waals surface area contributed by atoms with Crippen LogP contribution in [0.4, 0.5) is 17.6 Å². The number of anilines is 3. The molecule has 0 bridgehead atoms. The largest absolute Gasteiger partial charge is 0.369 e. The monoisotopic (exact) mass is 330 g/mol. The fraction of sp³-hybridized carbons (Fsp3) is 0.0556. The van der Waals surface area contributed by atoms with E-state index in [1.54, 1.807) is 0 Å². The van der Waals surface area contributed by atoms with Crippen LogP contribution in [0.5, 0.6) is 0 Å². The van der Waals surface area contributed by atoms with Crippen molar-refractivity contribution in [1.82, 2.24) is 19.9 Å². The number of fused-ring (bicyclic) bond motifs is 4. The molecule has 7 heteroatoms. The summed E-state index contributed by atoms with van der Waals surface area (Å²) in [6, 6.07) is 14.6. The van der Waals surface area contributed by atoms with Gasteiger partial charge in [0, 0.05) is 5.69 Å². The highest BCUT2D eigenvalue weighted by molar-refractivity contribution is 5.80. The van der Waals surface area contributed by atoms with Gasteiger partial charge in [-0.3, -0.25) is 9.78 Å². The number of nitrogens with zero attached hydrogens (tertiary/aromatic N) is 2. The lowest BCUT2D eigenvalue weighted by Gasteiger charge is -2.06. The van der Waals surface area contributed by atoms with Crippen LogP contribution in [0, 0.1) is 0 Å². The smallest absolute Gasteiger partial charge is 0.278 e. The number of nitrogens with two attached hydrogens (primary N) is 1. The van der Waals surface area contributed by atoms with Gasteiger partial charge in [0.25, 0.3) is 5.56 Å². The van der Waals surface area contributed by atoms with Gasteiger partial charge in [0.2, 0.25) is 11.9 Å². The normalized spacial score (nSPS) is 12.2. The summed E-state index contributed by atoms with van der Waals surface area (Å²) in [4.78, 5) is 25.6. The lowest BCUT2D eigenvalue weighted by Crippen LogP contribution is -2.10. The third-order valence-corrected chi connectivity index (χ3v) is 4.44. The van der Waals surface area contributed by atoms with E-state index in [9.17, 15) is 4.79 Å². The number of imidazole rings is 1. The number of hydrogen-bond donors (Lipinski definition) is 4. The average molecular weight is 330 g/mol. The molecule has 0 saturated carbocycles. The fourth-order valence-corrected chi connectivity index (χ4v) is 3.34. The van der Waals surface area contributed by atoms with Crippen molar-refractivity contribution in [3.63, 3.8) is 0 Å². The van der Waals surface area contributed by atoms with E-state index < -0.39 is 0 Å². The third kappa shape index (κ3) is 2.17. The number of rotatable bonds is 2. The van der Waals surface area contributed by atoms with Crippen LogP contribution in [0.15, 0.2) is 47.3 Å². The summed E-state index contributed by atoms with van der Waals surface area (Å²) >= 11 is 0. The van der Waals surface area contributed by atoms with Crippen LogP contribution in [0.2, 0.25) is 0 Å². The average Bonchev–Trinajstić information content (AvgIpc) is 3.15. The Hall–Kier alpha value is -3.61. The van der Waals surface area contributed by atoms with Crippen LogP contribution in [0.1, 0.15) is 11.1 Å². The molecule has 0 amide bonds. The van der Waals surface area contributed by atoms with Gasteiger partial charge in [-0.2, -0.15) is 9.97 Å². The summed E-state index contributed by atoms with van der Waals surface area (Å²) in [6.07, 6.45) is 0.916. The first-order chi connectivity index (χ1) is 12.2. The molecule has 2 aromatic carbocycles. The van der Waals surface area contributed by atoms with E-state index in [2.05, 4.69) is 61.7 Å². The topological polar surface area (TPSA) is 112 Å². The highest BCUT2D eigenvalue weighted by Crippen LogP contribution is 2.37. The number of aromatic amines is 2. The maximum atomic E-state index is 11.9. The molecule has 0 saturated heterocycles. The number of nitrogen functional groups attached to an aromatic ring is 1. The quantitative estimate of drug-likeness (QED) is 0.397. The Balaban J connectivity index is 1.51. The number of aromatic nitrogens is 4. The summed E-state index contributed by atoms with van der Waals surface area (Å²) < 4.78 is 0. The first kappa shape index (κ1) is 13.8. The molecule has 0 unspecified atom stereocenters. The van der Waals surface area contributed by atoms with Gasteiger partial charge in [-0.05, 0) is 40.8 Å². The molecule has 5 rings (SSSR count). The molecule has 0 spiro atoms. The highest BCUT2D eigenvalue weighted by Gasteiger charge is 2.18. The zero-order valence-corrected chi connectivity index (χ0v) is 13.1. The van der Waals surface area contributed by atoms with Gasteiger partial charge >= 0.3 is 0 Å². The van der Waals surface area contributed by atoms with Crippen molar-refractivity contribution >= 4 is 28.7 Å². The molecular weight excluding hydrogens is 316 g/mol. The molecule has 1 aliphatic carbocycles. The first-order valence-corrected chi connectivity index (χ1v) is 7.91. The van der Waals surface area contributed by atoms with Crippen LogP contribution >= 0.6 is 0 Å². The minimum atomic E-state index is -0.340. The molecule has 0 radical (unpaired) electrons. The zero-order valence-electron chi connectivity index (χ0n) is 13.1. The molecular formula is C18H14N6O. The predicted molar refractivity (Wildman–Crippen MR) is 96.9 cm³/mol. The van der Waals surface area contributed by atoms with Gasteiger partial charge in [0.1, 0.15) is 0 Å². The maximum absolute atomic E-state index is 11.9. The molecule has 1 aliphatic rings. The van der Waals surface area contributed by atoms with E-state index in [0.29, 0.717) is 11.5 Å². The van der Waals surface area contributed by atoms with Crippen LogP contribution in [0.3, 0.4) is 0 Å². The lowest BCUT2D eigenvalue weighted by molar-refractivity contribution is 1.17. The molecule has 25 heavy (non-hydrogen) atoms. The summed E-state index contributed by atoms with van der Waals surface area (Å²) in [6.45, 7) is 0. The molecule has 5 N–H and O–H groups in total. The summed E-state index contributed by atoms with van der Waals surface area (Å²) in [5.41, 5.74) is 11.8. The van der Waals surface area contributed by atoms with E-state index >= 15 is 0 Å². The van der Waals surface area contributed by atoms with Crippen molar-refractivity contribution in [2.75, 3.05) is 11.1 Å². The highest BCUT2D eigenvalue weighted by atomic mass is 16.1. The van der Waals surface area contributed by atoms with Crippen molar-refractivity contribution in [3.05, 3.63) is 63.9 Å². The van der Waals surface area contributed by atoms with E-state index in [-0.39, 0.29) is 17.2 Å². The number of H-pyrrole nitrogens is 2. The Morgan fingerprint density at radius 2 is 1.84 bits per heavy atom. The van der Waals surface area contributed by atoms with Crippen molar-refractivity contribution in [2.45, 2.75) is 6.42 Å². The van der Waals surface area contributed by atoms with Crippen LogP contribution < -0.4 is 16.6 Å². The summed E-state index contributed by atoms with van der Waals surface area (Å²) in [5, 5.41) is 3.20. The summed E-state index contributed by atoms with van der Waals surface area (Å²) in [5.74, 6) is 0.500. The minimum absolute atomic E-state index is 0.0471. The Morgan fingerprint density at radius 1 is 1.00 bits per heavy atom. The Labute approximate surface area is 142 Å². The Bertz CT molecular complexity index is 1190. The second-order valence-electron chi connectivity index (χ2n) is 6.07. The van der Waals surface area contributed by atoms with Crippen LogP contribution in [-0.4, -0.2) is 19.9 Å². The maximum Gasteiger partial charge on any atom is 0.278 e. The Morgan fingerprint density at radius 3 is 2.76 bits per heavy atom. The van der Waals surface area contributed by atoms with Crippen molar-refractivity contribution in [1.29, 1.82) is 0 Å². The number of nitrogens with one attached hydrogen (secondary N) is 3. The van der Waals surface area contributed by atoms with E-state index in [1.165, 1.54) is 22.3 Å². The van der Waals surface area contributed by atoms with E-state index in [1.807, 2.05) is 6.07 Å². The standard InChI is InChI=1S/C18H14N6O/c19-17-22-15-14(16(25)24-17)21-18(23-15)20-11-5-6-13-10(8-11)7-9-3-1-2-4-12(9)13/h1-6,8H,7H2,(H5,19,20,21,22,23,24,25). The second kappa shape index (κ2) is 4.94. The van der Waals surface area contributed by atoms with Gasteiger partial charge in [0.15, 0.2) is 11.2 Å². The molecule has 0 aliphatic heterocycles. The molecule has 122 valence electrons. The number of benzene rings is 2. The van der Waals surface area contributed by atoms with E-state index in [4.69, 9.17) is 5.73 Å². The Kier molecular flexibility index (Phi) is 2.73. The van der Waals surface area contributed by atoms with E-state index in [0.717, 1.165) is 12.1 Å². The minimum Gasteiger partial charge on any atom is -0.369 e. The van der Waals surface area contributed by atoms with Crippen molar-refractivity contribution in [2.24, 2.45) is 0 Å². The second-order valence-corrected chi connectivity index (χ2v) is 6.07. The molecule has 0 atom stereocenters. The van der Waals surface area contributed by atoms with Crippen LogP contribution in [-0.2, 0) is 6.42 Å². The fourth-order valence-electron chi connectivity index (χ4n) is 3.34. The van der Waals surface area contributed by atoms with Crippen LogP contribution in [0.25, 0.3) is 22.3 Å². The molecule has 2 aromatic heterocycles. The SMILES string of the molecule is Nc1nc2nc(Nc3ccc4c(c3)Cc3ccccc3-4)[nH]c2c(=O)[nH]1. The zero-order chi connectivity index (χ0) is 17.0. The van der Waals surface area contributed by atoms with Gasteiger partial charge in [-0.25, -0.2) is 0 Å². The summed E-state index contributed by atoms with van der Waals surface area (Å²) in [7, 11) is 0. The first-order valence-electron chi connectivity index (χ1n) is 7.91. The third-order valence-electron chi connectivity index (χ3n) is 4.44. The van der Waals surface area contributed by atoms with Gasteiger partial charge in [0.05, 0.1) is 0 Å². The molecule has 7 nitrogen and oxygen atoms in total. The molecule has 4 aromatic rings. The molecule has 0 fully saturated rings.